The van der Waals surface area contributed by atoms with Crippen molar-refractivity contribution in [3.05, 3.63) is 0 Å². The Hall–Kier alpha value is -0.570. The summed E-state index contributed by atoms with van der Waals surface area (Å²) in [6.45, 7) is 4.29. The summed E-state index contributed by atoms with van der Waals surface area (Å²) in [5, 5.41) is 0. The van der Waals surface area contributed by atoms with E-state index in [0.29, 0.717) is 12.0 Å². The monoisotopic (exact) mass is 238 g/mol. The standard InChI is InChI=1S/C14H22O3/c1-9-7-12-10(8-11(9)16-12)13(15)17-14(2)5-3-4-6-14/h9-12H,3-8H2,1-2H3. The first-order valence-corrected chi connectivity index (χ1v) is 6.96. The molecule has 2 heterocycles. The average Bonchev–Trinajstić information content (AvgIpc) is 2.92. The van der Waals surface area contributed by atoms with Gasteiger partial charge in [-0.05, 0) is 51.4 Å². The maximum absolute atomic E-state index is 12.2. The second kappa shape index (κ2) is 3.98. The topological polar surface area (TPSA) is 35.5 Å². The van der Waals surface area contributed by atoms with Gasteiger partial charge >= 0.3 is 5.97 Å². The summed E-state index contributed by atoms with van der Waals surface area (Å²) in [6, 6.07) is 0. The minimum atomic E-state index is -0.190. The number of esters is 1. The van der Waals surface area contributed by atoms with E-state index in [-0.39, 0.29) is 23.6 Å². The molecule has 0 aromatic carbocycles. The first kappa shape index (κ1) is 11.5. The van der Waals surface area contributed by atoms with Gasteiger partial charge in [-0.2, -0.15) is 0 Å². The molecule has 1 saturated carbocycles. The number of rotatable bonds is 2. The van der Waals surface area contributed by atoms with Crippen molar-refractivity contribution in [3.63, 3.8) is 0 Å². The van der Waals surface area contributed by atoms with Crippen molar-refractivity contribution >= 4 is 5.97 Å². The van der Waals surface area contributed by atoms with Gasteiger partial charge in [0.25, 0.3) is 0 Å². The highest BCUT2D eigenvalue weighted by atomic mass is 16.6. The van der Waals surface area contributed by atoms with Gasteiger partial charge in [0.15, 0.2) is 0 Å². The molecular formula is C14H22O3. The van der Waals surface area contributed by atoms with Crippen molar-refractivity contribution in [2.75, 3.05) is 0 Å². The second-order valence-electron chi connectivity index (χ2n) is 6.35. The molecule has 2 bridgehead atoms. The molecule has 4 unspecified atom stereocenters. The van der Waals surface area contributed by atoms with Crippen LogP contribution in [0.2, 0.25) is 0 Å². The van der Waals surface area contributed by atoms with E-state index in [0.717, 1.165) is 25.7 Å². The number of carbonyl (C=O) groups is 1. The van der Waals surface area contributed by atoms with Crippen molar-refractivity contribution in [3.8, 4) is 0 Å². The summed E-state index contributed by atoms with van der Waals surface area (Å²) < 4.78 is 11.6. The summed E-state index contributed by atoms with van der Waals surface area (Å²) in [4.78, 5) is 12.2. The molecule has 3 heteroatoms. The molecule has 0 radical (unpaired) electrons. The fourth-order valence-corrected chi connectivity index (χ4v) is 3.67. The predicted octanol–water partition coefficient (Wildman–Crippen LogP) is 2.68. The molecular weight excluding hydrogens is 216 g/mol. The van der Waals surface area contributed by atoms with Crippen molar-refractivity contribution in [1.82, 2.24) is 0 Å². The van der Waals surface area contributed by atoms with Gasteiger partial charge in [0.1, 0.15) is 5.60 Å². The fraction of sp³-hybridized carbons (Fsp3) is 0.929. The summed E-state index contributed by atoms with van der Waals surface area (Å²) in [5.41, 5.74) is -0.190. The average molecular weight is 238 g/mol. The highest BCUT2D eigenvalue weighted by Gasteiger charge is 2.50. The van der Waals surface area contributed by atoms with Crippen LogP contribution in [0, 0.1) is 11.8 Å². The molecule has 3 fully saturated rings. The molecule has 0 N–H and O–H groups in total. The molecule has 4 atom stereocenters. The molecule has 17 heavy (non-hydrogen) atoms. The van der Waals surface area contributed by atoms with Gasteiger partial charge in [0.05, 0.1) is 18.1 Å². The molecule has 0 spiro atoms. The zero-order chi connectivity index (χ0) is 12.0. The van der Waals surface area contributed by atoms with Crippen molar-refractivity contribution < 1.29 is 14.3 Å². The Kier molecular flexibility index (Phi) is 2.69. The summed E-state index contributed by atoms with van der Waals surface area (Å²) in [6.07, 6.45) is 6.76. The fourth-order valence-electron chi connectivity index (χ4n) is 3.67. The maximum atomic E-state index is 12.2. The van der Waals surface area contributed by atoms with Gasteiger partial charge in [0, 0.05) is 0 Å². The maximum Gasteiger partial charge on any atom is 0.312 e. The van der Waals surface area contributed by atoms with Gasteiger partial charge in [-0.15, -0.1) is 0 Å². The van der Waals surface area contributed by atoms with Crippen LogP contribution in [0.4, 0.5) is 0 Å². The first-order chi connectivity index (χ1) is 8.07. The van der Waals surface area contributed by atoms with Crippen molar-refractivity contribution in [2.24, 2.45) is 11.8 Å². The number of fused-ring (bicyclic) bond motifs is 2. The smallest absolute Gasteiger partial charge is 0.312 e. The summed E-state index contributed by atoms with van der Waals surface area (Å²) >= 11 is 0. The SMILES string of the molecule is CC1CC2OC1CC2C(=O)OC1(C)CCCC1. The summed E-state index contributed by atoms with van der Waals surface area (Å²) in [5.74, 6) is 0.619. The van der Waals surface area contributed by atoms with Gasteiger partial charge in [-0.3, -0.25) is 4.79 Å². The lowest BCUT2D eigenvalue weighted by molar-refractivity contribution is -0.164. The van der Waals surface area contributed by atoms with Gasteiger partial charge in [0.2, 0.25) is 0 Å². The van der Waals surface area contributed by atoms with E-state index in [1.807, 2.05) is 0 Å². The second-order valence-corrected chi connectivity index (χ2v) is 6.35. The van der Waals surface area contributed by atoms with Crippen LogP contribution in [0.5, 0.6) is 0 Å². The van der Waals surface area contributed by atoms with Gasteiger partial charge in [-0.1, -0.05) is 6.92 Å². The third kappa shape index (κ3) is 1.99. The van der Waals surface area contributed by atoms with Crippen LogP contribution in [0.15, 0.2) is 0 Å². The Balaban J connectivity index is 1.61. The molecule has 3 rings (SSSR count). The van der Waals surface area contributed by atoms with Crippen LogP contribution in [0.1, 0.15) is 52.4 Å². The van der Waals surface area contributed by atoms with Crippen LogP contribution in [0.3, 0.4) is 0 Å². The molecule has 96 valence electrons. The van der Waals surface area contributed by atoms with E-state index in [2.05, 4.69) is 13.8 Å². The Morgan fingerprint density at radius 1 is 1.24 bits per heavy atom. The molecule has 3 aliphatic rings. The molecule has 2 aliphatic heterocycles. The van der Waals surface area contributed by atoms with Crippen LogP contribution < -0.4 is 0 Å². The van der Waals surface area contributed by atoms with Crippen LogP contribution in [-0.2, 0) is 14.3 Å². The highest BCUT2D eigenvalue weighted by Crippen LogP contribution is 2.44. The van der Waals surface area contributed by atoms with E-state index < -0.39 is 0 Å². The zero-order valence-corrected chi connectivity index (χ0v) is 10.8. The number of hydrogen-bond donors (Lipinski definition) is 0. The van der Waals surface area contributed by atoms with Gasteiger partial charge in [-0.25, -0.2) is 0 Å². The Morgan fingerprint density at radius 2 is 1.94 bits per heavy atom. The largest absolute Gasteiger partial charge is 0.459 e. The van der Waals surface area contributed by atoms with E-state index in [9.17, 15) is 4.79 Å². The quantitative estimate of drug-likeness (QED) is 0.694. The third-order valence-electron chi connectivity index (χ3n) is 4.83. The van der Waals surface area contributed by atoms with Crippen LogP contribution in [-0.4, -0.2) is 23.8 Å². The molecule has 0 aromatic rings. The van der Waals surface area contributed by atoms with Crippen molar-refractivity contribution in [2.45, 2.75) is 70.2 Å². The molecule has 3 nitrogen and oxygen atoms in total. The lowest BCUT2D eigenvalue weighted by Gasteiger charge is -2.28. The molecule has 1 aliphatic carbocycles. The zero-order valence-electron chi connectivity index (χ0n) is 10.8. The number of ether oxygens (including phenoxy) is 2. The van der Waals surface area contributed by atoms with E-state index >= 15 is 0 Å². The Labute approximate surface area is 103 Å². The Morgan fingerprint density at radius 3 is 2.47 bits per heavy atom. The summed E-state index contributed by atoms with van der Waals surface area (Å²) in [7, 11) is 0. The van der Waals surface area contributed by atoms with Gasteiger partial charge < -0.3 is 9.47 Å². The minimum Gasteiger partial charge on any atom is -0.459 e. The lowest BCUT2D eigenvalue weighted by atomic mass is 9.83. The molecule has 0 amide bonds. The first-order valence-electron chi connectivity index (χ1n) is 6.96. The minimum absolute atomic E-state index is 0.00574. The predicted molar refractivity (Wildman–Crippen MR) is 63.5 cm³/mol. The Bertz CT molecular complexity index is 317. The van der Waals surface area contributed by atoms with Crippen LogP contribution >= 0.6 is 0 Å². The molecule has 0 aromatic heterocycles. The normalized spacial score (nSPS) is 42.9. The van der Waals surface area contributed by atoms with Crippen molar-refractivity contribution in [1.29, 1.82) is 0 Å². The highest BCUT2D eigenvalue weighted by molar-refractivity contribution is 5.74. The third-order valence-corrected chi connectivity index (χ3v) is 4.83. The number of hydrogen-bond acceptors (Lipinski definition) is 3. The van der Waals surface area contributed by atoms with E-state index in [4.69, 9.17) is 9.47 Å². The molecule has 2 saturated heterocycles. The number of carbonyl (C=O) groups excluding carboxylic acids is 1. The lowest BCUT2D eigenvalue weighted by Crippen LogP contribution is -2.36. The van der Waals surface area contributed by atoms with E-state index in [1.54, 1.807) is 0 Å². The van der Waals surface area contributed by atoms with E-state index in [1.165, 1.54) is 12.8 Å². The van der Waals surface area contributed by atoms with Crippen LogP contribution in [0.25, 0.3) is 0 Å².